The second-order valence-corrected chi connectivity index (χ2v) is 3.95. The van der Waals surface area contributed by atoms with Crippen molar-refractivity contribution in [3.63, 3.8) is 0 Å². The van der Waals surface area contributed by atoms with Crippen LogP contribution in [0.15, 0.2) is 36.6 Å². The van der Waals surface area contributed by atoms with E-state index in [9.17, 15) is 0 Å². The van der Waals surface area contributed by atoms with Crippen LogP contribution in [0.4, 0.5) is 0 Å². The number of allylic oxidation sites excluding steroid dienone is 4. The summed E-state index contributed by atoms with van der Waals surface area (Å²) >= 11 is 0. The fourth-order valence-electron chi connectivity index (χ4n) is 1.60. The second-order valence-electron chi connectivity index (χ2n) is 3.95. The molecule has 0 spiro atoms. The van der Waals surface area contributed by atoms with E-state index in [-0.39, 0.29) is 0 Å². The van der Waals surface area contributed by atoms with E-state index in [1.54, 1.807) is 0 Å². The molecular weight excluding hydrogens is 170 g/mol. The molecule has 1 aromatic rings. The van der Waals surface area contributed by atoms with Gasteiger partial charge in [0.05, 0.1) is 0 Å². The molecule has 0 bridgehead atoms. The molecule has 1 nitrogen and oxygen atoms in total. The molecule has 0 saturated carbocycles. The van der Waals surface area contributed by atoms with Gasteiger partial charge in [-0.05, 0) is 29.5 Å². The minimum Gasteiger partial charge on any atom is -0.260 e. The van der Waals surface area contributed by atoms with E-state index < -0.39 is 0 Å². The Hall–Kier alpha value is -1.37. The van der Waals surface area contributed by atoms with E-state index in [0.29, 0.717) is 5.92 Å². The Labute approximate surface area is 85.2 Å². The van der Waals surface area contributed by atoms with Crippen molar-refractivity contribution >= 4 is 5.57 Å². The third kappa shape index (κ3) is 1.77. The van der Waals surface area contributed by atoms with Crippen molar-refractivity contribution in [1.29, 1.82) is 0 Å². The van der Waals surface area contributed by atoms with E-state index >= 15 is 0 Å². The average molecular weight is 185 g/mol. The fourth-order valence-corrected chi connectivity index (χ4v) is 1.60. The monoisotopic (exact) mass is 185 g/mol. The second kappa shape index (κ2) is 3.79. The largest absolute Gasteiger partial charge is 0.260 e. The first-order valence-corrected chi connectivity index (χ1v) is 5.09. The normalized spacial score (nSPS) is 14.9. The predicted molar refractivity (Wildman–Crippen MR) is 60.1 cm³/mol. The third-order valence-corrected chi connectivity index (χ3v) is 2.52. The zero-order chi connectivity index (χ0) is 9.97. The smallest absolute Gasteiger partial charge is 0.0429 e. The highest BCUT2D eigenvalue weighted by Gasteiger charge is 2.04. The molecule has 0 unspecified atom stereocenters. The number of nitrogens with zero attached hydrogens (tertiary/aromatic N) is 1. The fraction of sp³-hybridized carbons (Fsp3) is 0.308. The van der Waals surface area contributed by atoms with Crippen LogP contribution in [0.5, 0.6) is 0 Å². The van der Waals surface area contributed by atoms with Crippen LogP contribution in [-0.2, 0) is 0 Å². The Morgan fingerprint density at radius 1 is 1.29 bits per heavy atom. The molecule has 0 fully saturated rings. The lowest BCUT2D eigenvalue weighted by Gasteiger charge is -2.06. The molecule has 0 N–H and O–H groups in total. The maximum atomic E-state index is 4.45. The maximum absolute atomic E-state index is 4.45. The number of hydrogen-bond donors (Lipinski definition) is 0. The summed E-state index contributed by atoms with van der Waals surface area (Å²) in [4.78, 5) is 4.45. The minimum absolute atomic E-state index is 0.514. The van der Waals surface area contributed by atoms with Crippen LogP contribution in [0.25, 0.3) is 5.57 Å². The van der Waals surface area contributed by atoms with Gasteiger partial charge in [-0.1, -0.05) is 38.1 Å². The molecule has 0 atom stereocenters. The van der Waals surface area contributed by atoms with Gasteiger partial charge in [0.2, 0.25) is 0 Å². The average Bonchev–Trinajstić information content (AvgIpc) is 2.71. The summed E-state index contributed by atoms with van der Waals surface area (Å²) in [6, 6.07) is 4.29. The Balaban J connectivity index is 2.22. The van der Waals surface area contributed by atoms with Gasteiger partial charge in [-0.15, -0.1) is 0 Å². The van der Waals surface area contributed by atoms with Gasteiger partial charge in [0.15, 0.2) is 0 Å². The quantitative estimate of drug-likeness (QED) is 0.686. The Morgan fingerprint density at radius 2 is 2.14 bits per heavy atom. The van der Waals surface area contributed by atoms with E-state index in [2.05, 4.69) is 49.2 Å². The van der Waals surface area contributed by atoms with Crippen LogP contribution in [-0.4, -0.2) is 4.98 Å². The zero-order valence-corrected chi connectivity index (χ0v) is 8.70. The number of aromatic nitrogens is 1. The summed E-state index contributed by atoms with van der Waals surface area (Å²) in [7, 11) is 0. The molecule has 0 amide bonds. The van der Waals surface area contributed by atoms with Gasteiger partial charge >= 0.3 is 0 Å². The van der Waals surface area contributed by atoms with Crippen LogP contribution in [0.2, 0.25) is 0 Å². The molecule has 1 aliphatic carbocycles. The SMILES string of the molecule is CC(C)c1ccc(C2=CC=CC2)cn1. The van der Waals surface area contributed by atoms with Crippen molar-refractivity contribution in [3.05, 3.63) is 47.8 Å². The molecule has 1 heterocycles. The lowest BCUT2D eigenvalue weighted by molar-refractivity contribution is 0.822. The zero-order valence-electron chi connectivity index (χ0n) is 8.70. The molecule has 1 aliphatic rings. The van der Waals surface area contributed by atoms with E-state index in [4.69, 9.17) is 0 Å². The summed E-state index contributed by atoms with van der Waals surface area (Å²) < 4.78 is 0. The van der Waals surface area contributed by atoms with Crippen LogP contribution in [0.3, 0.4) is 0 Å². The predicted octanol–water partition coefficient (Wildman–Crippen LogP) is 3.55. The van der Waals surface area contributed by atoms with Gasteiger partial charge in [0.1, 0.15) is 0 Å². The molecule has 0 radical (unpaired) electrons. The number of rotatable bonds is 2. The molecule has 1 aromatic heterocycles. The van der Waals surface area contributed by atoms with Gasteiger partial charge in [-0.25, -0.2) is 0 Å². The third-order valence-electron chi connectivity index (χ3n) is 2.52. The van der Waals surface area contributed by atoms with Gasteiger partial charge in [-0.2, -0.15) is 0 Å². The topological polar surface area (TPSA) is 12.9 Å². The lowest BCUT2D eigenvalue weighted by atomic mass is 10.0. The Morgan fingerprint density at radius 3 is 2.64 bits per heavy atom. The molecule has 1 heteroatoms. The molecule has 72 valence electrons. The lowest BCUT2D eigenvalue weighted by Crippen LogP contribution is -1.92. The highest BCUT2D eigenvalue weighted by atomic mass is 14.7. The Bertz CT molecular complexity index is 369. The van der Waals surface area contributed by atoms with Crippen molar-refractivity contribution in [1.82, 2.24) is 4.98 Å². The van der Waals surface area contributed by atoms with Crippen LogP contribution < -0.4 is 0 Å². The molecule has 2 rings (SSSR count). The van der Waals surface area contributed by atoms with E-state index in [1.165, 1.54) is 16.8 Å². The van der Waals surface area contributed by atoms with Crippen molar-refractivity contribution in [2.75, 3.05) is 0 Å². The van der Waals surface area contributed by atoms with Gasteiger partial charge < -0.3 is 0 Å². The van der Waals surface area contributed by atoms with E-state index in [0.717, 1.165) is 6.42 Å². The molecule has 14 heavy (non-hydrogen) atoms. The number of pyridine rings is 1. The molecule has 0 saturated heterocycles. The minimum atomic E-state index is 0.514. The van der Waals surface area contributed by atoms with Crippen LogP contribution >= 0.6 is 0 Å². The summed E-state index contributed by atoms with van der Waals surface area (Å²) in [5.74, 6) is 0.514. The van der Waals surface area contributed by atoms with Gasteiger partial charge in [-0.3, -0.25) is 4.98 Å². The van der Waals surface area contributed by atoms with Gasteiger partial charge in [0.25, 0.3) is 0 Å². The van der Waals surface area contributed by atoms with Crippen LogP contribution in [0.1, 0.15) is 37.4 Å². The first kappa shape index (κ1) is 9.20. The standard InChI is InChI=1S/C13H15N/c1-10(2)13-8-7-12(9-14-13)11-5-3-4-6-11/h3-5,7-10H,6H2,1-2H3. The van der Waals surface area contributed by atoms with Crippen LogP contribution in [0, 0.1) is 0 Å². The molecule has 0 aliphatic heterocycles. The highest BCUT2D eigenvalue weighted by Crippen LogP contribution is 2.23. The van der Waals surface area contributed by atoms with Crippen molar-refractivity contribution in [2.45, 2.75) is 26.2 Å². The van der Waals surface area contributed by atoms with Crippen molar-refractivity contribution in [2.24, 2.45) is 0 Å². The molecule has 0 aromatic carbocycles. The van der Waals surface area contributed by atoms with E-state index in [1.807, 2.05) is 6.20 Å². The van der Waals surface area contributed by atoms with Crippen molar-refractivity contribution < 1.29 is 0 Å². The first-order chi connectivity index (χ1) is 6.77. The van der Waals surface area contributed by atoms with Crippen molar-refractivity contribution in [3.8, 4) is 0 Å². The first-order valence-electron chi connectivity index (χ1n) is 5.09. The molecular formula is C13H15N. The summed E-state index contributed by atoms with van der Waals surface area (Å²) in [5, 5.41) is 0. The highest BCUT2D eigenvalue weighted by molar-refractivity contribution is 5.70. The summed E-state index contributed by atoms with van der Waals surface area (Å²) in [5.41, 5.74) is 3.78. The summed E-state index contributed by atoms with van der Waals surface area (Å²) in [6.45, 7) is 4.33. The Kier molecular flexibility index (Phi) is 2.49. The number of hydrogen-bond acceptors (Lipinski definition) is 1. The summed E-state index contributed by atoms with van der Waals surface area (Å²) in [6.07, 6.45) is 9.46. The maximum Gasteiger partial charge on any atom is 0.0429 e. The van der Waals surface area contributed by atoms with Gasteiger partial charge in [0, 0.05) is 11.9 Å².